The number of hydrogen-bond acceptors (Lipinski definition) is 2. The Balaban J connectivity index is 3.33. The number of aryl methyl sites for hydroxylation is 2. The summed E-state index contributed by atoms with van der Waals surface area (Å²) in [5.41, 5.74) is 2.31. The van der Waals surface area contributed by atoms with E-state index in [0.717, 1.165) is 11.4 Å². The number of nitrogens with one attached hydrogen (secondary N) is 1. The first-order valence-electron chi connectivity index (χ1n) is 4.09. The molecule has 0 fully saturated rings. The second kappa shape index (κ2) is 3.09. The zero-order valence-electron chi connectivity index (χ0n) is 7.93. The summed E-state index contributed by atoms with van der Waals surface area (Å²) in [4.78, 5) is 18.1. The van der Waals surface area contributed by atoms with Gasteiger partial charge in [-0.25, -0.2) is 0 Å². The molecule has 1 rings (SSSR count). The van der Waals surface area contributed by atoms with Crippen LogP contribution in [0.5, 0.6) is 0 Å². The second-order valence-electron chi connectivity index (χ2n) is 3.32. The maximum Gasteiger partial charge on any atom is 0.269 e. The van der Waals surface area contributed by atoms with Gasteiger partial charge in [-0.05, 0) is 19.8 Å². The zero-order chi connectivity index (χ0) is 9.30. The smallest absolute Gasteiger partial charge is 0.269 e. The van der Waals surface area contributed by atoms with Crippen molar-refractivity contribution in [2.45, 2.75) is 33.6 Å². The van der Waals surface area contributed by atoms with Crippen molar-refractivity contribution >= 4 is 0 Å². The summed E-state index contributed by atoms with van der Waals surface area (Å²) in [6, 6.07) is 0. The number of nitrogens with zero attached hydrogens (tertiary/aromatic N) is 1. The van der Waals surface area contributed by atoms with Gasteiger partial charge in [-0.2, -0.15) is 0 Å². The molecular formula is C9H14N2O. The molecule has 3 nitrogen and oxygen atoms in total. The van der Waals surface area contributed by atoms with Crippen LogP contribution in [0.2, 0.25) is 0 Å². The molecule has 0 aliphatic heterocycles. The molecular weight excluding hydrogens is 152 g/mol. The van der Waals surface area contributed by atoms with Gasteiger partial charge in [0.05, 0.1) is 5.69 Å². The van der Waals surface area contributed by atoms with Crippen molar-refractivity contribution in [3.05, 3.63) is 27.4 Å². The first kappa shape index (κ1) is 8.97. The summed E-state index contributed by atoms with van der Waals surface area (Å²) >= 11 is 0. The lowest BCUT2D eigenvalue weighted by Gasteiger charge is -2.07. The maximum absolute atomic E-state index is 11.1. The molecule has 0 aliphatic rings. The van der Waals surface area contributed by atoms with Gasteiger partial charge in [0, 0.05) is 5.69 Å². The molecule has 3 heteroatoms. The van der Waals surface area contributed by atoms with E-state index in [0.29, 0.717) is 11.6 Å². The van der Waals surface area contributed by atoms with Crippen molar-refractivity contribution in [3.63, 3.8) is 0 Å². The summed E-state index contributed by atoms with van der Waals surface area (Å²) in [6.07, 6.45) is 0. The van der Waals surface area contributed by atoms with Crippen LogP contribution in [0, 0.1) is 13.8 Å². The molecule has 0 spiro atoms. The molecule has 1 heterocycles. The Morgan fingerprint density at radius 1 is 1.33 bits per heavy atom. The van der Waals surface area contributed by atoms with Crippen LogP contribution in [-0.4, -0.2) is 9.97 Å². The summed E-state index contributed by atoms with van der Waals surface area (Å²) in [5, 5.41) is 0. The van der Waals surface area contributed by atoms with Gasteiger partial charge in [-0.15, -0.1) is 0 Å². The van der Waals surface area contributed by atoms with Crippen molar-refractivity contribution in [1.29, 1.82) is 0 Å². The number of aromatic nitrogens is 2. The maximum atomic E-state index is 11.1. The molecule has 1 aromatic rings. The molecule has 0 amide bonds. The van der Waals surface area contributed by atoms with Gasteiger partial charge in [0.2, 0.25) is 0 Å². The Bertz CT molecular complexity index is 339. The molecule has 0 aromatic carbocycles. The van der Waals surface area contributed by atoms with Crippen LogP contribution < -0.4 is 5.56 Å². The van der Waals surface area contributed by atoms with Crippen LogP contribution in [-0.2, 0) is 0 Å². The Morgan fingerprint density at radius 3 is 2.42 bits per heavy atom. The third kappa shape index (κ3) is 1.55. The van der Waals surface area contributed by atoms with Gasteiger partial charge < -0.3 is 4.98 Å². The van der Waals surface area contributed by atoms with E-state index in [1.54, 1.807) is 6.92 Å². The summed E-state index contributed by atoms with van der Waals surface area (Å²) in [7, 11) is 0. The van der Waals surface area contributed by atoms with Gasteiger partial charge in [-0.1, -0.05) is 13.8 Å². The monoisotopic (exact) mass is 166 g/mol. The van der Waals surface area contributed by atoms with Gasteiger partial charge in [-0.3, -0.25) is 9.78 Å². The highest BCUT2D eigenvalue weighted by Gasteiger charge is 2.07. The highest BCUT2D eigenvalue weighted by atomic mass is 16.1. The van der Waals surface area contributed by atoms with E-state index in [2.05, 4.69) is 23.8 Å². The quantitative estimate of drug-likeness (QED) is 0.687. The number of rotatable bonds is 1. The lowest BCUT2D eigenvalue weighted by Crippen LogP contribution is -2.16. The van der Waals surface area contributed by atoms with Crippen molar-refractivity contribution in [3.8, 4) is 0 Å². The first-order valence-corrected chi connectivity index (χ1v) is 4.09. The van der Waals surface area contributed by atoms with E-state index in [4.69, 9.17) is 0 Å². The first-order chi connectivity index (χ1) is 5.52. The highest BCUT2D eigenvalue weighted by molar-refractivity contribution is 5.15. The van der Waals surface area contributed by atoms with Crippen molar-refractivity contribution in [2.75, 3.05) is 0 Å². The normalized spacial score (nSPS) is 10.8. The van der Waals surface area contributed by atoms with Crippen molar-refractivity contribution < 1.29 is 0 Å². The Hall–Kier alpha value is -1.12. The summed E-state index contributed by atoms with van der Waals surface area (Å²) in [6.45, 7) is 7.73. The fraction of sp³-hybridized carbons (Fsp3) is 0.556. The van der Waals surface area contributed by atoms with E-state index in [1.165, 1.54) is 0 Å². The van der Waals surface area contributed by atoms with Crippen LogP contribution in [0.15, 0.2) is 4.79 Å². The molecule has 0 radical (unpaired) electrons. The molecule has 0 bridgehead atoms. The molecule has 0 saturated heterocycles. The molecule has 1 N–H and O–H groups in total. The van der Waals surface area contributed by atoms with Crippen LogP contribution in [0.1, 0.15) is 36.8 Å². The third-order valence-corrected chi connectivity index (χ3v) is 1.85. The minimum absolute atomic E-state index is 0.0862. The molecule has 0 unspecified atom stereocenters. The van der Waals surface area contributed by atoms with Gasteiger partial charge >= 0.3 is 0 Å². The topological polar surface area (TPSA) is 45.8 Å². The van der Waals surface area contributed by atoms with E-state index >= 15 is 0 Å². The zero-order valence-corrected chi connectivity index (χ0v) is 7.93. The van der Waals surface area contributed by atoms with Crippen molar-refractivity contribution in [2.24, 2.45) is 0 Å². The average molecular weight is 166 g/mol. The third-order valence-electron chi connectivity index (χ3n) is 1.85. The predicted octanol–water partition coefficient (Wildman–Crippen LogP) is 1.51. The Kier molecular flexibility index (Phi) is 2.31. The lowest BCUT2D eigenvalue weighted by molar-refractivity contribution is 0.779. The number of H-pyrrole nitrogens is 1. The fourth-order valence-electron chi connectivity index (χ4n) is 1.20. The second-order valence-corrected chi connectivity index (χ2v) is 3.32. The molecule has 12 heavy (non-hydrogen) atoms. The summed E-state index contributed by atoms with van der Waals surface area (Å²) in [5.74, 6) is 0.362. The predicted molar refractivity (Wildman–Crippen MR) is 48.4 cm³/mol. The highest BCUT2D eigenvalue weighted by Crippen LogP contribution is 2.12. The minimum Gasteiger partial charge on any atom is -0.323 e. The van der Waals surface area contributed by atoms with Gasteiger partial charge in [0.1, 0.15) is 5.69 Å². The average Bonchev–Trinajstić information content (AvgIpc) is 1.96. The lowest BCUT2D eigenvalue weighted by atomic mass is 10.1. The molecule has 0 saturated carbocycles. The number of hydrogen-bond donors (Lipinski definition) is 1. The summed E-state index contributed by atoms with van der Waals surface area (Å²) < 4.78 is 0. The van der Waals surface area contributed by atoms with Crippen LogP contribution in [0.4, 0.5) is 0 Å². The van der Waals surface area contributed by atoms with Crippen LogP contribution in [0.25, 0.3) is 0 Å². The SMILES string of the molecule is Cc1[nH]c(=O)c(C)nc1C(C)C. The van der Waals surface area contributed by atoms with E-state index in [9.17, 15) is 4.79 Å². The molecule has 66 valence electrons. The molecule has 0 aliphatic carbocycles. The molecule has 0 atom stereocenters. The Morgan fingerprint density at radius 2 is 1.92 bits per heavy atom. The van der Waals surface area contributed by atoms with E-state index < -0.39 is 0 Å². The van der Waals surface area contributed by atoms with E-state index in [1.807, 2.05) is 6.92 Å². The largest absolute Gasteiger partial charge is 0.323 e. The standard InChI is InChI=1S/C9H14N2O/c1-5(2)8-6(3)11-9(12)7(4)10-8/h5H,1-4H3,(H,11,12). The fourth-order valence-corrected chi connectivity index (χ4v) is 1.20. The minimum atomic E-state index is -0.0862. The van der Waals surface area contributed by atoms with Gasteiger partial charge in [0.25, 0.3) is 5.56 Å². The van der Waals surface area contributed by atoms with Gasteiger partial charge in [0.15, 0.2) is 0 Å². The van der Waals surface area contributed by atoms with Crippen molar-refractivity contribution in [1.82, 2.24) is 9.97 Å². The number of aromatic amines is 1. The Labute approximate surface area is 71.9 Å². The molecule has 1 aromatic heterocycles. The van der Waals surface area contributed by atoms with E-state index in [-0.39, 0.29) is 5.56 Å². The van der Waals surface area contributed by atoms with Crippen LogP contribution >= 0.6 is 0 Å². The van der Waals surface area contributed by atoms with Crippen LogP contribution in [0.3, 0.4) is 0 Å².